The molecule has 1 aliphatic rings. The van der Waals surface area contributed by atoms with Crippen LogP contribution in [0.15, 0.2) is 66.9 Å². The van der Waals surface area contributed by atoms with E-state index in [-0.39, 0.29) is 17.9 Å². The zero-order valence-corrected chi connectivity index (χ0v) is 14.9. The van der Waals surface area contributed by atoms with Gasteiger partial charge in [-0.1, -0.05) is 12.1 Å². The summed E-state index contributed by atoms with van der Waals surface area (Å²) in [6.07, 6.45) is 1.99. The van der Waals surface area contributed by atoms with Gasteiger partial charge in [0.05, 0.1) is 13.2 Å². The molecular formula is C21H20FN3O2. The van der Waals surface area contributed by atoms with E-state index < -0.39 is 0 Å². The van der Waals surface area contributed by atoms with Crippen molar-refractivity contribution >= 4 is 11.7 Å². The zero-order valence-electron chi connectivity index (χ0n) is 14.9. The molecule has 6 heteroatoms. The van der Waals surface area contributed by atoms with Gasteiger partial charge in [-0.05, 0) is 54.1 Å². The van der Waals surface area contributed by atoms with Crippen molar-refractivity contribution in [3.05, 3.63) is 83.9 Å². The summed E-state index contributed by atoms with van der Waals surface area (Å²) in [7, 11) is 1.60. The maximum atomic E-state index is 13.8. The second kappa shape index (κ2) is 7.15. The molecule has 0 fully saturated rings. The van der Waals surface area contributed by atoms with Crippen LogP contribution in [0.2, 0.25) is 0 Å². The van der Waals surface area contributed by atoms with Crippen molar-refractivity contribution in [2.45, 2.75) is 12.6 Å². The van der Waals surface area contributed by atoms with Gasteiger partial charge in [0.15, 0.2) is 0 Å². The molecule has 0 aliphatic carbocycles. The predicted octanol–water partition coefficient (Wildman–Crippen LogP) is 4.27. The number of methoxy groups -OCH3 is 1. The number of nitrogens with zero attached hydrogens (tertiary/aromatic N) is 2. The van der Waals surface area contributed by atoms with E-state index in [1.165, 1.54) is 12.1 Å². The van der Waals surface area contributed by atoms with Gasteiger partial charge in [-0.3, -0.25) is 0 Å². The summed E-state index contributed by atoms with van der Waals surface area (Å²) >= 11 is 0. The number of carbonyl (C=O) groups is 1. The molecule has 27 heavy (non-hydrogen) atoms. The van der Waals surface area contributed by atoms with Gasteiger partial charge < -0.3 is 19.5 Å². The summed E-state index contributed by atoms with van der Waals surface area (Å²) in [6.45, 7) is 1.23. The molecule has 2 amide bonds. The molecule has 2 aromatic carbocycles. The molecule has 0 radical (unpaired) electrons. The Hall–Kier alpha value is -3.28. The van der Waals surface area contributed by atoms with Crippen molar-refractivity contribution in [3.8, 4) is 5.75 Å². The van der Waals surface area contributed by atoms with Crippen molar-refractivity contribution in [3.63, 3.8) is 0 Å². The summed E-state index contributed by atoms with van der Waals surface area (Å²) < 4.78 is 21.1. The molecular weight excluding hydrogens is 345 g/mol. The fourth-order valence-electron chi connectivity index (χ4n) is 3.50. The van der Waals surface area contributed by atoms with Crippen molar-refractivity contribution < 1.29 is 13.9 Å². The Morgan fingerprint density at radius 2 is 1.93 bits per heavy atom. The molecule has 1 aromatic heterocycles. The number of benzene rings is 2. The normalized spacial score (nSPS) is 15.9. The summed E-state index contributed by atoms with van der Waals surface area (Å²) in [5.41, 5.74) is 2.40. The number of rotatable bonds is 3. The number of aromatic nitrogens is 1. The summed E-state index contributed by atoms with van der Waals surface area (Å²) in [5, 5.41) is 2.93. The Morgan fingerprint density at radius 3 is 2.67 bits per heavy atom. The molecule has 5 nitrogen and oxygen atoms in total. The highest BCUT2D eigenvalue weighted by Gasteiger charge is 2.32. The molecule has 1 atom stereocenters. The van der Waals surface area contributed by atoms with Crippen molar-refractivity contribution in [1.29, 1.82) is 0 Å². The van der Waals surface area contributed by atoms with Gasteiger partial charge in [-0.2, -0.15) is 0 Å². The number of fused-ring (bicyclic) bond motifs is 1. The van der Waals surface area contributed by atoms with E-state index >= 15 is 0 Å². The number of amides is 2. The van der Waals surface area contributed by atoms with E-state index in [4.69, 9.17) is 4.74 Å². The number of hydrogen-bond acceptors (Lipinski definition) is 2. The SMILES string of the molecule is COc1ccc(NC(=O)N2CCn3cccc3[C@H]2c2cccc(F)c2)cc1. The summed E-state index contributed by atoms with van der Waals surface area (Å²) in [6, 6.07) is 17.0. The van der Waals surface area contributed by atoms with Gasteiger partial charge in [0.2, 0.25) is 0 Å². The highest BCUT2D eigenvalue weighted by atomic mass is 19.1. The largest absolute Gasteiger partial charge is 0.497 e. The smallest absolute Gasteiger partial charge is 0.322 e. The standard InChI is InChI=1S/C21H20FN3O2/c1-27-18-9-7-17(8-10-18)23-21(26)25-13-12-24-11-3-6-19(24)20(25)15-4-2-5-16(22)14-15/h2-11,14,20H,12-13H2,1H3,(H,23,26)/t20-/m1/s1. The molecule has 0 saturated heterocycles. The Balaban J connectivity index is 1.64. The van der Waals surface area contributed by atoms with Crippen LogP contribution in [0.3, 0.4) is 0 Å². The highest BCUT2D eigenvalue weighted by Crippen LogP contribution is 2.33. The molecule has 0 bridgehead atoms. The van der Waals surface area contributed by atoms with Crippen LogP contribution >= 0.6 is 0 Å². The molecule has 0 spiro atoms. The lowest BCUT2D eigenvalue weighted by Crippen LogP contribution is -2.44. The lowest BCUT2D eigenvalue weighted by atomic mass is 10.00. The van der Waals surface area contributed by atoms with Crippen molar-refractivity contribution in [1.82, 2.24) is 9.47 Å². The molecule has 0 saturated carbocycles. The van der Waals surface area contributed by atoms with E-state index in [1.807, 2.05) is 24.4 Å². The third-order valence-electron chi connectivity index (χ3n) is 4.80. The summed E-state index contributed by atoms with van der Waals surface area (Å²) in [5.74, 6) is 0.410. The van der Waals surface area contributed by atoms with Gasteiger partial charge in [-0.25, -0.2) is 9.18 Å². The number of hydrogen-bond donors (Lipinski definition) is 1. The second-order valence-corrected chi connectivity index (χ2v) is 6.44. The highest BCUT2D eigenvalue weighted by molar-refractivity contribution is 5.90. The number of nitrogens with one attached hydrogen (secondary N) is 1. The fraction of sp³-hybridized carbons (Fsp3) is 0.190. The van der Waals surface area contributed by atoms with Crippen LogP contribution in [-0.2, 0) is 6.54 Å². The topological polar surface area (TPSA) is 46.5 Å². The van der Waals surface area contributed by atoms with Crippen LogP contribution in [0.25, 0.3) is 0 Å². The van der Waals surface area contributed by atoms with E-state index in [2.05, 4.69) is 9.88 Å². The maximum Gasteiger partial charge on any atom is 0.322 e. The zero-order chi connectivity index (χ0) is 18.8. The van der Waals surface area contributed by atoms with E-state index in [0.717, 1.165) is 17.0 Å². The Labute approximate surface area is 157 Å². The third-order valence-corrected chi connectivity index (χ3v) is 4.80. The van der Waals surface area contributed by atoms with Crippen LogP contribution < -0.4 is 10.1 Å². The summed E-state index contributed by atoms with van der Waals surface area (Å²) in [4.78, 5) is 14.7. The molecule has 3 aromatic rings. The van der Waals surface area contributed by atoms with Crippen molar-refractivity contribution in [2.24, 2.45) is 0 Å². The lowest BCUT2D eigenvalue weighted by molar-refractivity contribution is 0.181. The number of halogens is 1. The minimum absolute atomic E-state index is 0.220. The average molecular weight is 365 g/mol. The van der Waals surface area contributed by atoms with Gasteiger partial charge in [0.25, 0.3) is 0 Å². The maximum absolute atomic E-state index is 13.8. The number of carbonyl (C=O) groups excluding carboxylic acids is 1. The monoisotopic (exact) mass is 365 g/mol. The minimum Gasteiger partial charge on any atom is -0.497 e. The quantitative estimate of drug-likeness (QED) is 0.753. The lowest BCUT2D eigenvalue weighted by Gasteiger charge is -2.37. The van der Waals surface area contributed by atoms with Crippen LogP contribution in [0.4, 0.5) is 14.9 Å². The first-order valence-electron chi connectivity index (χ1n) is 8.78. The molecule has 1 aliphatic heterocycles. The van der Waals surface area contributed by atoms with Crippen LogP contribution in [0, 0.1) is 5.82 Å². The fourth-order valence-corrected chi connectivity index (χ4v) is 3.50. The first kappa shape index (κ1) is 17.1. The average Bonchev–Trinajstić information content (AvgIpc) is 3.16. The second-order valence-electron chi connectivity index (χ2n) is 6.44. The Kier molecular flexibility index (Phi) is 4.54. The van der Waals surface area contributed by atoms with Crippen LogP contribution in [0.1, 0.15) is 17.3 Å². The number of ether oxygens (including phenoxy) is 1. The molecule has 2 heterocycles. The van der Waals surface area contributed by atoms with E-state index in [0.29, 0.717) is 18.8 Å². The van der Waals surface area contributed by atoms with Crippen molar-refractivity contribution in [2.75, 3.05) is 19.0 Å². The first-order valence-corrected chi connectivity index (χ1v) is 8.78. The molecule has 138 valence electrons. The van der Waals surface area contributed by atoms with Gasteiger partial charge in [0, 0.05) is 30.7 Å². The number of anilines is 1. The Bertz CT molecular complexity index is 952. The minimum atomic E-state index is -0.345. The predicted molar refractivity (Wildman–Crippen MR) is 101 cm³/mol. The van der Waals surface area contributed by atoms with Gasteiger partial charge in [-0.15, -0.1) is 0 Å². The molecule has 4 rings (SSSR count). The Morgan fingerprint density at radius 1 is 1.11 bits per heavy atom. The third kappa shape index (κ3) is 3.38. The molecule has 1 N–H and O–H groups in total. The van der Waals surface area contributed by atoms with E-state index in [9.17, 15) is 9.18 Å². The van der Waals surface area contributed by atoms with Gasteiger partial charge >= 0.3 is 6.03 Å². The van der Waals surface area contributed by atoms with Crippen LogP contribution in [0.5, 0.6) is 5.75 Å². The first-order chi connectivity index (χ1) is 13.2. The molecule has 0 unspecified atom stereocenters. The number of urea groups is 1. The van der Waals surface area contributed by atoms with E-state index in [1.54, 1.807) is 42.3 Å². The van der Waals surface area contributed by atoms with Crippen LogP contribution in [-0.4, -0.2) is 29.2 Å². The van der Waals surface area contributed by atoms with Gasteiger partial charge in [0.1, 0.15) is 11.6 Å².